The monoisotopic (exact) mass is 454 g/mol. The van der Waals surface area contributed by atoms with Gasteiger partial charge in [0.15, 0.2) is 0 Å². The number of benzene rings is 2. The summed E-state index contributed by atoms with van der Waals surface area (Å²) in [5.74, 6) is -1.86. The Morgan fingerprint density at radius 1 is 0.966 bits per heavy atom. The molecule has 0 atom stereocenters. The van der Waals surface area contributed by atoms with Crippen LogP contribution in [0, 0.1) is 0 Å². The van der Waals surface area contributed by atoms with Gasteiger partial charge >= 0.3 is 5.97 Å². The summed E-state index contributed by atoms with van der Waals surface area (Å²) in [4.78, 5) is 36.4. The first-order valence-corrected chi connectivity index (χ1v) is 9.18. The Morgan fingerprint density at radius 3 is 2.38 bits per heavy atom. The first-order valence-electron chi connectivity index (χ1n) is 8.39. The highest BCUT2D eigenvalue weighted by molar-refractivity contribution is 9.10. The normalized spacial score (nSPS) is 11.0. The molecule has 0 fully saturated rings. The fourth-order valence-corrected chi connectivity index (χ4v) is 2.66. The highest BCUT2D eigenvalue weighted by atomic mass is 79.9. The van der Waals surface area contributed by atoms with Crippen molar-refractivity contribution in [1.82, 2.24) is 5.32 Å². The highest BCUT2D eigenvalue weighted by Gasteiger charge is 2.16. The summed E-state index contributed by atoms with van der Waals surface area (Å²) in [5.41, 5.74) is 0.601. The molecule has 2 aromatic carbocycles. The van der Waals surface area contributed by atoms with Crippen molar-refractivity contribution in [3.8, 4) is 0 Å². The summed E-state index contributed by atoms with van der Waals surface area (Å²) in [6.45, 7) is 0. The Morgan fingerprint density at radius 2 is 1.72 bits per heavy atom. The average molecular weight is 455 g/mol. The van der Waals surface area contributed by atoms with Crippen molar-refractivity contribution >= 4 is 45.5 Å². The zero-order valence-corrected chi connectivity index (χ0v) is 16.5. The predicted molar refractivity (Wildman–Crippen MR) is 110 cm³/mol. The molecule has 3 aromatic rings. The molecule has 0 saturated heterocycles. The van der Waals surface area contributed by atoms with Crippen molar-refractivity contribution in [2.75, 3.05) is 5.32 Å². The molecule has 0 aliphatic heterocycles. The van der Waals surface area contributed by atoms with Gasteiger partial charge in [0.25, 0.3) is 11.8 Å². The third kappa shape index (κ3) is 5.43. The number of hydrogen-bond donors (Lipinski definition) is 3. The lowest BCUT2D eigenvalue weighted by atomic mass is 10.2. The Bertz CT molecular complexity index is 1070. The van der Waals surface area contributed by atoms with Gasteiger partial charge in [0.05, 0.1) is 11.8 Å². The molecular formula is C21H15BrN2O5. The molecule has 146 valence electrons. The van der Waals surface area contributed by atoms with Gasteiger partial charge in [-0.15, -0.1) is 0 Å². The number of hydrogen-bond acceptors (Lipinski definition) is 4. The van der Waals surface area contributed by atoms with E-state index in [0.29, 0.717) is 11.3 Å². The van der Waals surface area contributed by atoms with E-state index in [2.05, 4.69) is 26.6 Å². The van der Waals surface area contributed by atoms with E-state index in [-0.39, 0.29) is 16.9 Å². The fourth-order valence-electron chi connectivity index (χ4n) is 2.40. The Labute approximate surface area is 174 Å². The molecule has 3 rings (SSSR count). The van der Waals surface area contributed by atoms with Gasteiger partial charge in [0.2, 0.25) is 0 Å². The van der Waals surface area contributed by atoms with Crippen LogP contribution in [-0.4, -0.2) is 22.9 Å². The summed E-state index contributed by atoms with van der Waals surface area (Å²) in [6.07, 6.45) is 2.82. The quantitative estimate of drug-likeness (QED) is 0.484. The number of carboxylic acid groups (broad SMARTS) is 1. The van der Waals surface area contributed by atoms with Gasteiger partial charge in [-0.3, -0.25) is 9.59 Å². The van der Waals surface area contributed by atoms with E-state index in [9.17, 15) is 14.4 Å². The van der Waals surface area contributed by atoms with Crippen LogP contribution in [0.5, 0.6) is 0 Å². The van der Waals surface area contributed by atoms with E-state index >= 15 is 0 Å². The first-order chi connectivity index (χ1) is 13.9. The maximum absolute atomic E-state index is 12.8. The molecule has 1 heterocycles. The highest BCUT2D eigenvalue weighted by Crippen LogP contribution is 2.15. The smallest absolute Gasteiger partial charge is 0.335 e. The van der Waals surface area contributed by atoms with Crippen molar-refractivity contribution < 1.29 is 23.9 Å². The lowest BCUT2D eigenvalue weighted by molar-refractivity contribution is -0.113. The van der Waals surface area contributed by atoms with Crippen molar-refractivity contribution in [3.05, 3.63) is 94.0 Å². The molecule has 0 unspecified atom stereocenters. The van der Waals surface area contributed by atoms with E-state index in [4.69, 9.17) is 9.52 Å². The molecule has 0 aliphatic carbocycles. The standard InChI is InChI=1S/C21H15BrN2O5/c22-15-8-6-13(7-9-15)19(25)24-18(12-17-5-2-10-29-17)20(26)23-16-4-1-3-14(11-16)21(27)28/h1-12H,(H,23,26)(H,24,25)(H,27,28)/b18-12-. The Hall–Kier alpha value is -3.65. The Kier molecular flexibility index (Phi) is 6.25. The van der Waals surface area contributed by atoms with Gasteiger partial charge in [0.1, 0.15) is 11.5 Å². The van der Waals surface area contributed by atoms with E-state index in [0.717, 1.165) is 4.47 Å². The number of rotatable bonds is 6. The van der Waals surface area contributed by atoms with E-state index in [1.165, 1.54) is 30.5 Å². The maximum atomic E-state index is 12.8. The topological polar surface area (TPSA) is 109 Å². The number of carboxylic acids is 1. The number of anilines is 1. The lowest BCUT2D eigenvalue weighted by Gasteiger charge is -2.11. The van der Waals surface area contributed by atoms with E-state index in [1.54, 1.807) is 42.5 Å². The van der Waals surface area contributed by atoms with Gasteiger partial charge in [-0.05, 0) is 54.6 Å². The van der Waals surface area contributed by atoms with Crippen LogP contribution in [0.25, 0.3) is 6.08 Å². The molecule has 0 saturated carbocycles. The van der Waals surface area contributed by atoms with Crippen LogP contribution in [0.1, 0.15) is 26.5 Å². The van der Waals surface area contributed by atoms with Crippen molar-refractivity contribution in [1.29, 1.82) is 0 Å². The summed E-state index contributed by atoms with van der Waals surface area (Å²) in [5, 5.41) is 14.2. The number of halogens is 1. The van der Waals surface area contributed by atoms with E-state index in [1.807, 2.05) is 0 Å². The molecule has 0 radical (unpaired) electrons. The maximum Gasteiger partial charge on any atom is 0.335 e. The minimum absolute atomic E-state index is 0.0262. The van der Waals surface area contributed by atoms with Crippen molar-refractivity contribution in [3.63, 3.8) is 0 Å². The minimum atomic E-state index is -1.11. The van der Waals surface area contributed by atoms with Gasteiger partial charge in [-0.25, -0.2) is 4.79 Å². The molecule has 0 bridgehead atoms. The molecule has 3 N–H and O–H groups in total. The summed E-state index contributed by atoms with van der Waals surface area (Å²) < 4.78 is 6.04. The molecule has 1 aromatic heterocycles. The third-order valence-electron chi connectivity index (χ3n) is 3.80. The minimum Gasteiger partial charge on any atom is -0.478 e. The number of nitrogens with one attached hydrogen (secondary N) is 2. The third-order valence-corrected chi connectivity index (χ3v) is 4.33. The zero-order chi connectivity index (χ0) is 20.8. The first kappa shape index (κ1) is 20.1. The molecule has 7 nitrogen and oxygen atoms in total. The molecule has 0 spiro atoms. The number of amides is 2. The lowest BCUT2D eigenvalue weighted by Crippen LogP contribution is -2.30. The van der Waals surface area contributed by atoms with Crippen LogP contribution in [0.2, 0.25) is 0 Å². The molecule has 0 aliphatic rings. The van der Waals surface area contributed by atoms with Crippen LogP contribution in [0.4, 0.5) is 5.69 Å². The van der Waals surface area contributed by atoms with Gasteiger partial charge in [-0.1, -0.05) is 22.0 Å². The van der Waals surface area contributed by atoms with Crippen LogP contribution >= 0.6 is 15.9 Å². The molecular weight excluding hydrogens is 440 g/mol. The second-order valence-corrected chi connectivity index (χ2v) is 6.79. The number of furan rings is 1. The fraction of sp³-hybridized carbons (Fsp3) is 0. The van der Waals surface area contributed by atoms with Gasteiger partial charge < -0.3 is 20.2 Å². The number of aromatic carboxylic acids is 1. The van der Waals surface area contributed by atoms with Crippen LogP contribution in [-0.2, 0) is 4.79 Å². The van der Waals surface area contributed by atoms with Crippen LogP contribution in [0.15, 0.2) is 81.5 Å². The zero-order valence-electron chi connectivity index (χ0n) is 14.9. The van der Waals surface area contributed by atoms with Crippen molar-refractivity contribution in [2.45, 2.75) is 0 Å². The largest absolute Gasteiger partial charge is 0.478 e. The molecule has 29 heavy (non-hydrogen) atoms. The molecule has 8 heteroatoms. The van der Waals surface area contributed by atoms with Gasteiger partial charge in [-0.2, -0.15) is 0 Å². The summed E-state index contributed by atoms with van der Waals surface area (Å²) in [6, 6.07) is 15.7. The van der Waals surface area contributed by atoms with E-state index < -0.39 is 17.8 Å². The second-order valence-electron chi connectivity index (χ2n) is 5.87. The number of carbonyl (C=O) groups is 3. The average Bonchev–Trinajstić information content (AvgIpc) is 3.21. The molecule has 2 amide bonds. The summed E-state index contributed by atoms with van der Waals surface area (Å²) >= 11 is 3.30. The second kappa shape index (κ2) is 9.03. The van der Waals surface area contributed by atoms with Crippen LogP contribution < -0.4 is 10.6 Å². The van der Waals surface area contributed by atoms with Gasteiger partial charge in [0, 0.05) is 21.8 Å². The van der Waals surface area contributed by atoms with Crippen molar-refractivity contribution in [2.24, 2.45) is 0 Å². The number of carbonyl (C=O) groups excluding carboxylic acids is 2. The predicted octanol–water partition coefficient (Wildman–Crippen LogP) is 4.15. The van der Waals surface area contributed by atoms with Crippen LogP contribution in [0.3, 0.4) is 0 Å². The summed E-state index contributed by atoms with van der Waals surface area (Å²) in [7, 11) is 0. The Balaban J connectivity index is 1.84. The SMILES string of the molecule is O=C(Nc1cccc(C(=O)O)c1)/C(=C/c1ccco1)NC(=O)c1ccc(Br)cc1.